The van der Waals surface area contributed by atoms with Crippen LogP contribution in [0.2, 0.25) is 0 Å². The van der Waals surface area contributed by atoms with Crippen LogP contribution in [-0.4, -0.2) is 24.1 Å². The van der Waals surface area contributed by atoms with Crippen LogP contribution in [0.15, 0.2) is 77.9 Å². The summed E-state index contributed by atoms with van der Waals surface area (Å²) in [6.07, 6.45) is 1.48. The predicted molar refractivity (Wildman–Crippen MR) is 115 cm³/mol. The van der Waals surface area contributed by atoms with Gasteiger partial charge in [0.05, 0.1) is 6.21 Å². The van der Waals surface area contributed by atoms with E-state index in [1.54, 1.807) is 54.6 Å². The van der Waals surface area contributed by atoms with Gasteiger partial charge in [-0.05, 0) is 61.0 Å². The average molecular weight is 416 g/mol. The van der Waals surface area contributed by atoms with E-state index >= 15 is 0 Å². The van der Waals surface area contributed by atoms with Crippen LogP contribution in [0.25, 0.3) is 0 Å². The van der Waals surface area contributed by atoms with Crippen molar-refractivity contribution in [3.63, 3.8) is 0 Å². The van der Waals surface area contributed by atoms with Crippen LogP contribution < -0.4 is 14.9 Å². The number of benzene rings is 3. The molecular weight excluding hydrogens is 396 g/mol. The van der Waals surface area contributed by atoms with Crippen molar-refractivity contribution in [1.29, 1.82) is 0 Å². The second-order valence-corrected chi connectivity index (χ2v) is 6.62. The van der Waals surface area contributed by atoms with Crippen LogP contribution in [-0.2, 0) is 4.79 Å². The Labute approximate surface area is 179 Å². The Kier molecular flexibility index (Phi) is 6.90. The minimum atomic E-state index is -0.649. The largest absolute Gasteiger partial charge is 0.426 e. The highest BCUT2D eigenvalue weighted by Crippen LogP contribution is 2.21. The summed E-state index contributed by atoms with van der Waals surface area (Å²) in [5, 5.41) is 3.94. The molecule has 0 radical (unpaired) electrons. The number of rotatable bonds is 6. The van der Waals surface area contributed by atoms with E-state index in [1.807, 2.05) is 13.0 Å². The maximum Gasteiger partial charge on any atom is 0.347 e. The van der Waals surface area contributed by atoms with Crippen molar-refractivity contribution in [2.45, 2.75) is 13.8 Å². The molecule has 0 aliphatic rings. The first kappa shape index (κ1) is 21.4. The van der Waals surface area contributed by atoms with Crippen molar-refractivity contribution < 1.29 is 23.9 Å². The maximum atomic E-state index is 12.4. The van der Waals surface area contributed by atoms with Crippen LogP contribution in [0.5, 0.6) is 11.5 Å². The molecule has 3 rings (SSSR count). The van der Waals surface area contributed by atoms with E-state index in [-0.39, 0.29) is 17.2 Å². The molecule has 0 aromatic heterocycles. The van der Waals surface area contributed by atoms with Gasteiger partial charge < -0.3 is 9.47 Å². The minimum Gasteiger partial charge on any atom is -0.426 e. The Bertz CT molecular complexity index is 1140. The molecule has 1 amide bonds. The molecule has 0 saturated carbocycles. The Balaban J connectivity index is 1.60. The molecule has 0 unspecified atom stereocenters. The van der Waals surface area contributed by atoms with Gasteiger partial charge in [-0.2, -0.15) is 5.10 Å². The normalized spacial score (nSPS) is 10.5. The number of carbonyl (C=O) groups excluding carboxylic acids is 3. The van der Waals surface area contributed by atoms with Crippen molar-refractivity contribution in [3.8, 4) is 11.5 Å². The number of nitrogens with zero attached hydrogens (tertiary/aromatic N) is 1. The molecule has 0 saturated heterocycles. The topological polar surface area (TPSA) is 94.1 Å². The second kappa shape index (κ2) is 9.98. The number of nitrogens with one attached hydrogen (secondary N) is 1. The lowest BCUT2D eigenvalue weighted by Gasteiger charge is -2.08. The summed E-state index contributed by atoms with van der Waals surface area (Å²) < 4.78 is 10.4. The lowest BCUT2D eigenvalue weighted by atomic mass is 10.1. The average Bonchev–Trinajstić information content (AvgIpc) is 2.75. The fraction of sp³-hybridized carbons (Fsp3) is 0.0833. The number of para-hydroxylation sites is 1. The molecule has 0 heterocycles. The van der Waals surface area contributed by atoms with Crippen LogP contribution in [0, 0.1) is 6.92 Å². The van der Waals surface area contributed by atoms with Gasteiger partial charge in [0.25, 0.3) is 5.91 Å². The predicted octanol–water partition coefficient (Wildman–Crippen LogP) is 3.90. The molecular formula is C24H20N2O5. The van der Waals surface area contributed by atoms with Gasteiger partial charge in [0, 0.05) is 12.5 Å². The molecule has 0 aliphatic heterocycles. The third kappa shape index (κ3) is 6.11. The quantitative estimate of drug-likeness (QED) is 0.285. The molecule has 7 heteroatoms. The first-order valence-corrected chi connectivity index (χ1v) is 9.42. The summed E-state index contributed by atoms with van der Waals surface area (Å²) in [4.78, 5) is 35.7. The minimum absolute atomic E-state index is 0.133. The van der Waals surface area contributed by atoms with Crippen molar-refractivity contribution in [3.05, 3.63) is 95.1 Å². The Morgan fingerprint density at radius 1 is 0.903 bits per heavy atom. The summed E-state index contributed by atoms with van der Waals surface area (Å²) in [7, 11) is 0. The van der Waals surface area contributed by atoms with Crippen LogP contribution in [0.1, 0.15) is 38.8 Å². The second-order valence-electron chi connectivity index (χ2n) is 6.62. The lowest BCUT2D eigenvalue weighted by molar-refractivity contribution is -0.131. The van der Waals surface area contributed by atoms with Gasteiger partial charge in [-0.3, -0.25) is 9.59 Å². The molecule has 7 nitrogen and oxygen atoms in total. The van der Waals surface area contributed by atoms with E-state index in [2.05, 4.69) is 10.5 Å². The SMILES string of the molecule is CC(=O)Oc1ccccc1C(=O)Oc1ccc(C=NNC(=O)c2cccc(C)c2)cc1. The van der Waals surface area contributed by atoms with Gasteiger partial charge in [0.2, 0.25) is 0 Å². The van der Waals surface area contributed by atoms with Gasteiger partial charge in [-0.25, -0.2) is 10.2 Å². The number of esters is 2. The van der Waals surface area contributed by atoms with Crippen LogP contribution in [0.4, 0.5) is 0 Å². The number of carbonyl (C=O) groups is 3. The number of hydrogen-bond donors (Lipinski definition) is 1. The molecule has 3 aromatic rings. The van der Waals surface area contributed by atoms with E-state index in [1.165, 1.54) is 25.3 Å². The van der Waals surface area contributed by atoms with Gasteiger partial charge >= 0.3 is 11.9 Å². The van der Waals surface area contributed by atoms with E-state index in [4.69, 9.17) is 9.47 Å². The molecule has 0 atom stereocenters. The Morgan fingerprint density at radius 3 is 2.35 bits per heavy atom. The molecule has 156 valence electrons. The van der Waals surface area contributed by atoms with E-state index in [9.17, 15) is 14.4 Å². The van der Waals surface area contributed by atoms with E-state index < -0.39 is 11.9 Å². The van der Waals surface area contributed by atoms with Gasteiger partial charge in [-0.15, -0.1) is 0 Å². The first-order valence-electron chi connectivity index (χ1n) is 9.42. The van der Waals surface area contributed by atoms with Crippen LogP contribution in [0.3, 0.4) is 0 Å². The zero-order valence-corrected chi connectivity index (χ0v) is 17.0. The number of aryl methyl sites for hydroxylation is 1. The smallest absolute Gasteiger partial charge is 0.347 e. The van der Waals surface area contributed by atoms with Crippen LogP contribution >= 0.6 is 0 Å². The molecule has 3 aromatic carbocycles. The lowest BCUT2D eigenvalue weighted by Crippen LogP contribution is -2.17. The van der Waals surface area contributed by atoms with Gasteiger partial charge in [0.15, 0.2) is 0 Å². The monoisotopic (exact) mass is 416 g/mol. The molecule has 0 fully saturated rings. The Hall–Kier alpha value is -4.26. The third-order valence-electron chi connectivity index (χ3n) is 4.11. The van der Waals surface area contributed by atoms with Gasteiger partial charge in [0.1, 0.15) is 17.1 Å². The fourth-order valence-electron chi connectivity index (χ4n) is 2.68. The molecule has 31 heavy (non-hydrogen) atoms. The van der Waals surface area contributed by atoms with E-state index in [0.29, 0.717) is 16.9 Å². The third-order valence-corrected chi connectivity index (χ3v) is 4.11. The van der Waals surface area contributed by atoms with Crippen molar-refractivity contribution >= 4 is 24.1 Å². The standard InChI is InChI=1S/C24H20N2O5/c1-16-6-5-7-19(14-16)23(28)26-25-15-18-10-12-20(13-11-18)31-24(29)21-8-3-4-9-22(21)30-17(2)27/h3-15H,1-2H3,(H,26,28). The van der Waals surface area contributed by atoms with Crippen molar-refractivity contribution in [1.82, 2.24) is 5.43 Å². The zero-order valence-electron chi connectivity index (χ0n) is 17.0. The molecule has 0 bridgehead atoms. The van der Waals surface area contributed by atoms with Crippen molar-refractivity contribution in [2.75, 3.05) is 0 Å². The number of ether oxygens (including phenoxy) is 2. The highest BCUT2D eigenvalue weighted by Gasteiger charge is 2.15. The number of hydrogen-bond acceptors (Lipinski definition) is 6. The molecule has 0 aliphatic carbocycles. The summed E-state index contributed by atoms with van der Waals surface area (Å²) >= 11 is 0. The molecule has 0 spiro atoms. The highest BCUT2D eigenvalue weighted by atomic mass is 16.5. The molecule has 1 N–H and O–H groups in total. The number of hydrazone groups is 1. The number of amides is 1. The van der Waals surface area contributed by atoms with Crippen molar-refractivity contribution in [2.24, 2.45) is 5.10 Å². The summed E-state index contributed by atoms with van der Waals surface area (Å²) in [6.45, 7) is 3.16. The Morgan fingerprint density at radius 2 is 1.65 bits per heavy atom. The summed E-state index contributed by atoms with van der Waals surface area (Å²) in [5.41, 5.74) is 4.81. The summed E-state index contributed by atoms with van der Waals surface area (Å²) in [6, 6.07) is 20.1. The van der Waals surface area contributed by atoms with Gasteiger partial charge in [-0.1, -0.05) is 29.8 Å². The zero-order chi connectivity index (χ0) is 22.2. The first-order chi connectivity index (χ1) is 14.9. The highest BCUT2D eigenvalue weighted by molar-refractivity contribution is 5.95. The fourth-order valence-corrected chi connectivity index (χ4v) is 2.68. The summed E-state index contributed by atoms with van der Waals surface area (Å²) in [5.74, 6) is -1.05. The maximum absolute atomic E-state index is 12.4. The van der Waals surface area contributed by atoms with E-state index in [0.717, 1.165) is 5.56 Å².